The van der Waals surface area contributed by atoms with Crippen molar-refractivity contribution >= 4 is 16.9 Å². The van der Waals surface area contributed by atoms with E-state index in [1.165, 1.54) is 7.11 Å². The molecule has 1 N–H and O–H groups in total. The van der Waals surface area contributed by atoms with Crippen LogP contribution in [0.4, 0.5) is 0 Å². The van der Waals surface area contributed by atoms with Crippen molar-refractivity contribution in [2.24, 2.45) is 0 Å². The van der Waals surface area contributed by atoms with Gasteiger partial charge in [0.25, 0.3) is 0 Å². The minimum atomic E-state index is -0.490. The fourth-order valence-corrected chi connectivity index (χ4v) is 1.60. The molecule has 0 atom stereocenters. The molecule has 0 radical (unpaired) electrons. The van der Waals surface area contributed by atoms with Crippen molar-refractivity contribution in [3.05, 3.63) is 41.6 Å². The van der Waals surface area contributed by atoms with Gasteiger partial charge >= 0.3 is 5.97 Å². The lowest BCUT2D eigenvalue weighted by Gasteiger charge is -2.04. The predicted octanol–water partition coefficient (Wildman–Crippen LogP) is 1.37. The fourth-order valence-electron chi connectivity index (χ4n) is 1.60. The van der Waals surface area contributed by atoms with E-state index in [1.54, 1.807) is 6.07 Å². The summed E-state index contributed by atoms with van der Waals surface area (Å²) < 4.78 is 4.70. The summed E-state index contributed by atoms with van der Waals surface area (Å²) in [6.45, 7) is -0.283. The quantitative estimate of drug-likeness (QED) is 0.605. The lowest BCUT2D eigenvalue weighted by atomic mass is 10.1. The Morgan fingerprint density at radius 1 is 1.44 bits per heavy atom. The summed E-state index contributed by atoms with van der Waals surface area (Å²) in [4.78, 5) is 15.9. The highest BCUT2D eigenvalue weighted by molar-refractivity contribution is 5.96. The summed E-state index contributed by atoms with van der Waals surface area (Å²) in [5, 5.41) is 9.55. The summed E-state index contributed by atoms with van der Waals surface area (Å²) in [5.74, 6) is 4.65. The van der Waals surface area contributed by atoms with Gasteiger partial charge in [-0.25, -0.2) is 9.78 Å². The Morgan fingerprint density at radius 3 is 2.94 bits per heavy atom. The predicted molar refractivity (Wildman–Crippen MR) is 67.0 cm³/mol. The SMILES string of the molecule is COC(=O)c1cc2ccccc2nc1C#CCO. The maximum Gasteiger partial charge on any atom is 0.340 e. The lowest BCUT2D eigenvalue weighted by Crippen LogP contribution is -2.06. The van der Waals surface area contributed by atoms with Gasteiger partial charge in [-0.15, -0.1) is 0 Å². The average Bonchev–Trinajstić information content (AvgIpc) is 2.43. The summed E-state index contributed by atoms with van der Waals surface area (Å²) in [6.07, 6.45) is 0. The highest BCUT2D eigenvalue weighted by Crippen LogP contribution is 2.17. The van der Waals surface area contributed by atoms with Crippen molar-refractivity contribution in [3.8, 4) is 11.8 Å². The van der Waals surface area contributed by atoms with Crippen molar-refractivity contribution < 1.29 is 14.6 Å². The highest BCUT2D eigenvalue weighted by atomic mass is 16.5. The number of esters is 1. The molecule has 0 unspecified atom stereocenters. The third kappa shape index (κ3) is 2.31. The van der Waals surface area contributed by atoms with Crippen molar-refractivity contribution in [3.63, 3.8) is 0 Å². The monoisotopic (exact) mass is 241 g/mol. The van der Waals surface area contributed by atoms with E-state index in [9.17, 15) is 4.79 Å². The third-order valence-corrected chi connectivity index (χ3v) is 2.42. The Hall–Kier alpha value is -2.38. The molecule has 2 rings (SSSR count). The van der Waals surface area contributed by atoms with E-state index in [0.29, 0.717) is 11.3 Å². The largest absolute Gasteiger partial charge is 0.465 e. The molecule has 0 aliphatic rings. The number of carbonyl (C=O) groups excluding carboxylic acids is 1. The summed E-state index contributed by atoms with van der Waals surface area (Å²) in [6, 6.07) is 9.11. The first-order valence-corrected chi connectivity index (χ1v) is 5.34. The Morgan fingerprint density at radius 2 is 2.22 bits per heavy atom. The van der Waals surface area contributed by atoms with Crippen LogP contribution in [0, 0.1) is 11.8 Å². The molecule has 0 amide bonds. The Balaban J connectivity index is 2.67. The summed E-state index contributed by atoms with van der Waals surface area (Å²) in [7, 11) is 1.31. The molecule has 90 valence electrons. The molecule has 1 aromatic heterocycles. The zero-order valence-electron chi connectivity index (χ0n) is 9.80. The molecule has 18 heavy (non-hydrogen) atoms. The molecule has 4 heteroatoms. The second-order valence-electron chi connectivity index (χ2n) is 3.53. The number of aliphatic hydroxyl groups excluding tert-OH is 1. The zero-order chi connectivity index (χ0) is 13.0. The summed E-state index contributed by atoms with van der Waals surface area (Å²) in [5.41, 5.74) is 1.36. The van der Waals surface area contributed by atoms with Crippen molar-refractivity contribution in [1.29, 1.82) is 0 Å². The Bertz CT molecular complexity index is 653. The normalized spacial score (nSPS) is 9.67. The summed E-state index contributed by atoms with van der Waals surface area (Å²) >= 11 is 0. The molecule has 0 bridgehead atoms. The van der Waals surface area contributed by atoms with Crippen LogP contribution in [0.2, 0.25) is 0 Å². The number of methoxy groups -OCH3 is 1. The molecule has 0 saturated heterocycles. The number of hydrogen-bond acceptors (Lipinski definition) is 4. The molecule has 0 saturated carbocycles. The standard InChI is InChI=1S/C14H11NO3/c1-18-14(17)11-9-10-5-2-3-6-12(10)15-13(11)7-4-8-16/h2-3,5-6,9,16H,8H2,1H3. The van der Waals surface area contributed by atoms with E-state index in [1.807, 2.05) is 24.3 Å². The Kier molecular flexibility index (Phi) is 3.56. The lowest BCUT2D eigenvalue weighted by molar-refractivity contribution is 0.0600. The van der Waals surface area contributed by atoms with E-state index in [-0.39, 0.29) is 6.61 Å². The van der Waals surface area contributed by atoms with Gasteiger partial charge in [0.15, 0.2) is 0 Å². The number of hydrogen-bond donors (Lipinski definition) is 1. The second-order valence-corrected chi connectivity index (χ2v) is 3.53. The first-order valence-electron chi connectivity index (χ1n) is 5.34. The molecule has 1 aromatic carbocycles. The van der Waals surface area contributed by atoms with E-state index in [4.69, 9.17) is 9.84 Å². The van der Waals surface area contributed by atoms with Gasteiger partial charge in [-0.1, -0.05) is 24.1 Å². The first kappa shape index (κ1) is 12.1. The molecule has 2 aromatic rings. The second kappa shape index (κ2) is 5.30. The minimum absolute atomic E-state index is 0.283. The number of ether oxygens (including phenoxy) is 1. The maximum atomic E-state index is 11.6. The van der Waals surface area contributed by atoms with Crippen LogP contribution in [0.15, 0.2) is 30.3 Å². The molecule has 0 fully saturated rings. The minimum Gasteiger partial charge on any atom is -0.465 e. The third-order valence-electron chi connectivity index (χ3n) is 2.42. The van der Waals surface area contributed by atoms with Crippen LogP contribution in [0.1, 0.15) is 16.1 Å². The van der Waals surface area contributed by atoms with Crippen LogP contribution in [0.25, 0.3) is 10.9 Å². The Labute approximate surface area is 104 Å². The smallest absolute Gasteiger partial charge is 0.340 e. The maximum absolute atomic E-state index is 11.6. The van der Waals surface area contributed by atoms with Gasteiger partial charge in [0, 0.05) is 5.39 Å². The van der Waals surface area contributed by atoms with Crippen molar-refractivity contribution in [2.75, 3.05) is 13.7 Å². The number of fused-ring (bicyclic) bond motifs is 1. The first-order chi connectivity index (χ1) is 8.76. The van der Waals surface area contributed by atoms with Gasteiger partial charge in [0.05, 0.1) is 18.2 Å². The van der Waals surface area contributed by atoms with Gasteiger partial charge in [-0.05, 0) is 18.1 Å². The number of nitrogens with zero attached hydrogens (tertiary/aromatic N) is 1. The molecule has 0 aliphatic carbocycles. The molecule has 1 heterocycles. The van der Waals surface area contributed by atoms with Gasteiger partial charge in [-0.3, -0.25) is 0 Å². The zero-order valence-corrected chi connectivity index (χ0v) is 9.80. The number of para-hydroxylation sites is 1. The molecule has 4 nitrogen and oxygen atoms in total. The highest BCUT2D eigenvalue weighted by Gasteiger charge is 2.13. The molecular weight excluding hydrogens is 230 g/mol. The fraction of sp³-hybridized carbons (Fsp3) is 0.143. The van der Waals surface area contributed by atoms with Gasteiger partial charge in [0.2, 0.25) is 0 Å². The number of rotatable bonds is 1. The number of aromatic nitrogens is 1. The van der Waals surface area contributed by atoms with E-state index in [2.05, 4.69) is 16.8 Å². The van der Waals surface area contributed by atoms with Crippen LogP contribution in [-0.2, 0) is 4.74 Å². The van der Waals surface area contributed by atoms with Crippen LogP contribution >= 0.6 is 0 Å². The van der Waals surface area contributed by atoms with Crippen LogP contribution in [-0.4, -0.2) is 29.8 Å². The molecule has 0 spiro atoms. The number of benzene rings is 1. The van der Waals surface area contributed by atoms with Crippen LogP contribution in [0.3, 0.4) is 0 Å². The number of pyridine rings is 1. The van der Waals surface area contributed by atoms with Gasteiger partial charge < -0.3 is 9.84 Å². The molecule has 0 aliphatic heterocycles. The van der Waals surface area contributed by atoms with Crippen LogP contribution < -0.4 is 0 Å². The van der Waals surface area contributed by atoms with E-state index in [0.717, 1.165) is 10.9 Å². The van der Waals surface area contributed by atoms with Crippen molar-refractivity contribution in [1.82, 2.24) is 4.98 Å². The van der Waals surface area contributed by atoms with E-state index >= 15 is 0 Å². The molecular formula is C14H11NO3. The van der Waals surface area contributed by atoms with Gasteiger partial charge in [-0.2, -0.15) is 0 Å². The van der Waals surface area contributed by atoms with E-state index < -0.39 is 5.97 Å². The van der Waals surface area contributed by atoms with Crippen molar-refractivity contribution in [2.45, 2.75) is 0 Å². The number of aliphatic hydroxyl groups is 1. The topological polar surface area (TPSA) is 59.4 Å². The number of carbonyl (C=O) groups is 1. The van der Waals surface area contributed by atoms with Gasteiger partial charge in [0.1, 0.15) is 12.3 Å². The average molecular weight is 241 g/mol. The van der Waals surface area contributed by atoms with Crippen LogP contribution in [0.5, 0.6) is 0 Å².